The molecule has 0 unspecified atom stereocenters. The van der Waals surface area contributed by atoms with Crippen molar-refractivity contribution < 1.29 is 0 Å². The van der Waals surface area contributed by atoms with Gasteiger partial charge in [0.1, 0.15) is 12.4 Å². The Hall–Kier alpha value is -2.82. The van der Waals surface area contributed by atoms with Crippen LogP contribution in [-0.4, -0.2) is 15.5 Å². The summed E-state index contributed by atoms with van der Waals surface area (Å²) in [6, 6.07) is 14.4. The Bertz CT molecular complexity index is 892. The van der Waals surface area contributed by atoms with Crippen LogP contribution in [0.15, 0.2) is 47.5 Å². The van der Waals surface area contributed by atoms with E-state index in [4.69, 9.17) is 5.73 Å². The first-order chi connectivity index (χ1) is 11.6. The molecule has 0 aliphatic carbocycles. The molecular weight excluding hydrogens is 298 g/mol. The number of nitrogens with two attached hydrogens (primary N) is 1. The third-order valence-electron chi connectivity index (χ3n) is 4.13. The monoisotopic (exact) mass is 321 g/mol. The number of fused-ring (bicyclic) bond motifs is 1. The number of hydrogen-bond donors (Lipinski definition) is 2. The number of aryl methyl sites for hydroxylation is 3. The van der Waals surface area contributed by atoms with Gasteiger partial charge in [-0.1, -0.05) is 25.1 Å². The summed E-state index contributed by atoms with van der Waals surface area (Å²) in [5.41, 5.74) is 11.5. The number of guanidine groups is 1. The van der Waals surface area contributed by atoms with E-state index in [0.29, 0.717) is 12.5 Å². The lowest BCUT2D eigenvalue weighted by molar-refractivity contribution is 0.812. The third-order valence-corrected chi connectivity index (χ3v) is 4.13. The number of aromatic nitrogens is 2. The van der Waals surface area contributed by atoms with E-state index in [9.17, 15) is 0 Å². The van der Waals surface area contributed by atoms with E-state index in [2.05, 4.69) is 64.0 Å². The van der Waals surface area contributed by atoms with Gasteiger partial charge < -0.3 is 15.6 Å². The molecule has 0 saturated carbocycles. The summed E-state index contributed by atoms with van der Waals surface area (Å²) in [5.74, 6) is 1.29. The second kappa shape index (κ2) is 6.74. The molecule has 5 nitrogen and oxygen atoms in total. The van der Waals surface area contributed by atoms with Gasteiger partial charge in [-0.25, -0.2) is 9.98 Å². The molecule has 0 saturated heterocycles. The molecule has 24 heavy (non-hydrogen) atoms. The number of hydrogen-bond acceptors (Lipinski definition) is 2. The van der Waals surface area contributed by atoms with Crippen LogP contribution in [0.2, 0.25) is 0 Å². The molecule has 0 radical (unpaired) electrons. The summed E-state index contributed by atoms with van der Waals surface area (Å²) in [5, 5.41) is 3.14. The summed E-state index contributed by atoms with van der Waals surface area (Å²) < 4.78 is 2.06. The molecule has 1 aromatic heterocycles. The highest BCUT2D eigenvalue weighted by atomic mass is 15.1. The van der Waals surface area contributed by atoms with Crippen LogP contribution < -0.4 is 11.1 Å². The van der Waals surface area contributed by atoms with Gasteiger partial charge in [0.15, 0.2) is 5.96 Å². The largest absolute Gasteiger partial charge is 0.370 e. The van der Waals surface area contributed by atoms with Crippen LogP contribution in [0.1, 0.15) is 23.9 Å². The van der Waals surface area contributed by atoms with Crippen molar-refractivity contribution in [2.24, 2.45) is 17.8 Å². The maximum absolute atomic E-state index is 6.02. The molecule has 0 aliphatic rings. The molecule has 0 spiro atoms. The average molecular weight is 321 g/mol. The van der Waals surface area contributed by atoms with Crippen LogP contribution >= 0.6 is 0 Å². The van der Waals surface area contributed by atoms with Crippen molar-refractivity contribution in [3.8, 4) is 0 Å². The van der Waals surface area contributed by atoms with Crippen LogP contribution in [0.3, 0.4) is 0 Å². The second-order valence-corrected chi connectivity index (χ2v) is 5.96. The summed E-state index contributed by atoms with van der Waals surface area (Å²) in [6.07, 6.45) is 0.992. The smallest absolute Gasteiger partial charge is 0.193 e. The van der Waals surface area contributed by atoms with E-state index in [1.54, 1.807) is 0 Å². The van der Waals surface area contributed by atoms with Crippen LogP contribution in [0, 0.1) is 6.92 Å². The highest BCUT2D eigenvalue weighted by molar-refractivity contribution is 5.92. The first kappa shape index (κ1) is 16.1. The minimum atomic E-state index is 0.395. The lowest BCUT2D eigenvalue weighted by Crippen LogP contribution is -2.22. The number of nitrogens with zero attached hydrogens (tertiary/aromatic N) is 3. The first-order valence-corrected chi connectivity index (χ1v) is 8.14. The topological polar surface area (TPSA) is 68.2 Å². The Balaban J connectivity index is 1.76. The van der Waals surface area contributed by atoms with E-state index in [1.807, 2.05) is 19.2 Å². The number of benzene rings is 2. The average Bonchev–Trinajstić information content (AvgIpc) is 2.88. The Morgan fingerprint density at radius 3 is 2.88 bits per heavy atom. The van der Waals surface area contributed by atoms with Gasteiger partial charge in [0.25, 0.3) is 0 Å². The second-order valence-electron chi connectivity index (χ2n) is 5.96. The quantitative estimate of drug-likeness (QED) is 0.572. The zero-order valence-electron chi connectivity index (χ0n) is 14.4. The van der Waals surface area contributed by atoms with Crippen molar-refractivity contribution in [1.29, 1.82) is 0 Å². The highest BCUT2D eigenvalue weighted by Gasteiger charge is 2.07. The molecule has 1 heterocycles. The van der Waals surface area contributed by atoms with Gasteiger partial charge in [-0.15, -0.1) is 0 Å². The number of imidazole rings is 1. The first-order valence-electron chi connectivity index (χ1n) is 8.14. The third kappa shape index (κ3) is 3.40. The molecule has 0 fully saturated rings. The molecule has 0 atom stereocenters. The zero-order chi connectivity index (χ0) is 17.1. The van der Waals surface area contributed by atoms with E-state index in [0.717, 1.165) is 29.0 Å². The Labute approximate surface area is 142 Å². The normalized spacial score (nSPS) is 11.9. The fraction of sp³-hybridized carbons (Fsp3) is 0.263. The van der Waals surface area contributed by atoms with Gasteiger partial charge in [0.2, 0.25) is 0 Å². The number of aliphatic imine (C=N–C) groups is 1. The van der Waals surface area contributed by atoms with Crippen molar-refractivity contribution in [3.63, 3.8) is 0 Å². The maximum Gasteiger partial charge on any atom is 0.193 e. The molecule has 0 bridgehead atoms. The molecule has 5 heteroatoms. The minimum absolute atomic E-state index is 0.395. The van der Waals surface area contributed by atoms with Gasteiger partial charge >= 0.3 is 0 Å². The predicted molar refractivity (Wildman–Crippen MR) is 100 cm³/mol. The SMILES string of the molecule is CCc1cccc(NC(N)=NCc2nc3cc(C)ccc3n2C)c1. The summed E-state index contributed by atoms with van der Waals surface area (Å²) in [7, 11) is 2.00. The Morgan fingerprint density at radius 2 is 2.08 bits per heavy atom. The van der Waals surface area contributed by atoms with Gasteiger partial charge in [0, 0.05) is 12.7 Å². The molecule has 3 aromatic rings. The summed E-state index contributed by atoms with van der Waals surface area (Å²) in [4.78, 5) is 9.08. The molecule has 124 valence electrons. The van der Waals surface area contributed by atoms with Crippen molar-refractivity contribution in [1.82, 2.24) is 9.55 Å². The fourth-order valence-corrected chi connectivity index (χ4v) is 2.71. The zero-order valence-corrected chi connectivity index (χ0v) is 14.4. The van der Waals surface area contributed by atoms with Gasteiger partial charge in [0.05, 0.1) is 11.0 Å². The number of nitrogens with one attached hydrogen (secondary N) is 1. The van der Waals surface area contributed by atoms with Gasteiger partial charge in [-0.2, -0.15) is 0 Å². The number of rotatable bonds is 4. The van der Waals surface area contributed by atoms with Crippen molar-refractivity contribution in [3.05, 3.63) is 59.4 Å². The highest BCUT2D eigenvalue weighted by Crippen LogP contribution is 2.17. The Kier molecular flexibility index (Phi) is 4.51. The molecule has 0 aliphatic heterocycles. The Morgan fingerprint density at radius 1 is 1.25 bits per heavy atom. The van der Waals surface area contributed by atoms with Crippen LogP contribution in [0.4, 0.5) is 5.69 Å². The molecule has 3 rings (SSSR count). The fourth-order valence-electron chi connectivity index (χ4n) is 2.71. The van der Waals surface area contributed by atoms with E-state index < -0.39 is 0 Å². The van der Waals surface area contributed by atoms with Crippen molar-refractivity contribution in [2.45, 2.75) is 26.8 Å². The molecule has 2 aromatic carbocycles. The lowest BCUT2D eigenvalue weighted by Gasteiger charge is -2.07. The van der Waals surface area contributed by atoms with Crippen LogP contribution in [-0.2, 0) is 20.0 Å². The summed E-state index contributed by atoms with van der Waals surface area (Å²) in [6.45, 7) is 4.64. The van der Waals surface area contributed by atoms with Gasteiger partial charge in [-0.05, 0) is 48.7 Å². The maximum atomic E-state index is 6.02. The number of anilines is 1. The van der Waals surface area contributed by atoms with Crippen LogP contribution in [0.25, 0.3) is 11.0 Å². The standard InChI is InChI=1S/C19H23N5/c1-4-14-6-5-7-15(11-14)22-19(20)21-12-18-23-16-10-13(2)8-9-17(16)24(18)3/h5-11H,4,12H2,1-3H3,(H3,20,21,22). The van der Waals surface area contributed by atoms with Crippen molar-refractivity contribution >= 4 is 22.7 Å². The summed E-state index contributed by atoms with van der Waals surface area (Å²) >= 11 is 0. The molecule has 0 amide bonds. The molecular formula is C19H23N5. The predicted octanol–water partition coefficient (Wildman–Crippen LogP) is 3.37. The van der Waals surface area contributed by atoms with E-state index >= 15 is 0 Å². The van der Waals surface area contributed by atoms with Crippen LogP contribution in [0.5, 0.6) is 0 Å². The van der Waals surface area contributed by atoms with Gasteiger partial charge in [-0.3, -0.25) is 0 Å². The van der Waals surface area contributed by atoms with E-state index in [1.165, 1.54) is 11.1 Å². The van der Waals surface area contributed by atoms with Crippen molar-refractivity contribution in [2.75, 3.05) is 5.32 Å². The van der Waals surface area contributed by atoms with E-state index in [-0.39, 0.29) is 0 Å². The lowest BCUT2D eigenvalue weighted by atomic mass is 10.1. The molecule has 3 N–H and O–H groups in total. The minimum Gasteiger partial charge on any atom is -0.370 e.